The molecule has 0 fully saturated rings. The van der Waals surface area contributed by atoms with E-state index in [1.807, 2.05) is 6.92 Å². The van der Waals surface area contributed by atoms with Gasteiger partial charge >= 0.3 is 6.09 Å². The van der Waals surface area contributed by atoms with Gasteiger partial charge in [0.05, 0.1) is 12.4 Å². The molecular weight excluding hydrogens is 208 g/mol. The van der Waals surface area contributed by atoms with Gasteiger partial charge < -0.3 is 10.1 Å². The number of amides is 1. The molecule has 0 aromatic carbocycles. The fraction of sp³-hybridized carbons (Fsp3) is 0.857. The highest BCUT2D eigenvalue weighted by atomic mass is 32.2. The molecule has 7 heteroatoms. The van der Waals surface area contributed by atoms with Crippen molar-refractivity contribution in [3.63, 3.8) is 0 Å². The lowest BCUT2D eigenvalue weighted by Gasteiger charge is -2.05. The van der Waals surface area contributed by atoms with E-state index < -0.39 is 16.1 Å². The third kappa shape index (κ3) is 9.27. The molecule has 0 saturated carbocycles. The van der Waals surface area contributed by atoms with E-state index in [4.69, 9.17) is 9.88 Å². The van der Waals surface area contributed by atoms with Crippen molar-refractivity contribution < 1.29 is 17.9 Å². The zero-order valence-electron chi connectivity index (χ0n) is 8.15. The first-order chi connectivity index (χ1) is 6.45. The van der Waals surface area contributed by atoms with Gasteiger partial charge in [0.1, 0.15) is 0 Å². The van der Waals surface area contributed by atoms with Crippen LogP contribution in [-0.2, 0) is 14.8 Å². The highest BCUT2D eigenvalue weighted by Gasteiger charge is 2.05. The zero-order chi connectivity index (χ0) is 11.0. The van der Waals surface area contributed by atoms with Crippen molar-refractivity contribution in [1.29, 1.82) is 0 Å². The summed E-state index contributed by atoms with van der Waals surface area (Å²) in [4.78, 5) is 10.8. The number of ether oxygens (including phenoxy) is 1. The molecule has 0 heterocycles. The van der Waals surface area contributed by atoms with Crippen molar-refractivity contribution in [2.45, 2.75) is 19.8 Å². The standard InChI is InChI=1S/C7H16N2O4S/c1-2-3-5-13-7(10)9-4-6-14(8,11)12/h2-6H2,1H3,(H,9,10)(H2,8,11,12). The molecule has 14 heavy (non-hydrogen) atoms. The van der Waals surface area contributed by atoms with E-state index >= 15 is 0 Å². The normalized spacial score (nSPS) is 11.0. The molecule has 0 spiro atoms. The molecule has 0 aliphatic rings. The van der Waals surface area contributed by atoms with Crippen LogP contribution in [0.3, 0.4) is 0 Å². The molecule has 0 atom stereocenters. The smallest absolute Gasteiger partial charge is 0.407 e. The lowest BCUT2D eigenvalue weighted by atomic mass is 10.4. The summed E-state index contributed by atoms with van der Waals surface area (Å²) in [7, 11) is -3.52. The minimum atomic E-state index is -3.52. The van der Waals surface area contributed by atoms with Crippen molar-refractivity contribution in [3.8, 4) is 0 Å². The number of unbranched alkanes of at least 4 members (excludes halogenated alkanes) is 1. The number of primary sulfonamides is 1. The maximum absolute atomic E-state index is 10.8. The monoisotopic (exact) mass is 224 g/mol. The van der Waals surface area contributed by atoms with Crippen LogP contribution in [0.15, 0.2) is 0 Å². The molecule has 0 aliphatic carbocycles. The van der Waals surface area contributed by atoms with E-state index in [2.05, 4.69) is 5.32 Å². The number of carbonyl (C=O) groups excluding carboxylic acids is 1. The third-order valence-corrected chi connectivity index (χ3v) is 2.16. The second-order valence-electron chi connectivity index (χ2n) is 2.78. The Bertz CT molecular complexity index is 263. The molecule has 0 aliphatic heterocycles. The predicted molar refractivity (Wildman–Crippen MR) is 52.2 cm³/mol. The summed E-state index contributed by atoms with van der Waals surface area (Å²) in [5.41, 5.74) is 0. The van der Waals surface area contributed by atoms with E-state index in [1.165, 1.54) is 0 Å². The van der Waals surface area contributed by atoms with E-state index in [-0.39, 0.29) is 12.3 Å². The van der Waals surface area contributed by atoms with Gasteiger partial charge in [-0.2, -0.15) is 0 Å². The minimum absolute atomic E-state index is 0.0240. The van der Waals surface area contributed by atoms with Crippen LogP contribution >= 0.6 is 0 Å². The van der Waals surface area contributed by atoms with Crippen molar-refractivity contribution in [3.05, 3.63) is 0 Å². The van der Waals surface area contributed by atoms with Gasteiger partial charge in [-0.05, 0) is 6.42 Å². The second kappa shape index (κ2) is 6.61. The molecule has 6 nitrogen and oxygen atoms in total. The fourth-order valence-corrected chi connectivity index (χ4v) is 1.04. The molecule has 0 aromatic heterocycles. The zero-order valence-corrected chi connectivity index (χ0v) is 8.97. The highest BCUT2D eigenvalue weighted by molar-refractivity contribution is 7.89. The number of alkyl carbamates (subject to hydrolysis) is 1. The summed E-state index contributed by atoms with van der Waals surface area (Å²) in [5, 5.41) is 7.00. The first kappa shape index (κ1) is 13.2. The van der Waals surface area contributed by atoms with Gasteiger partial charge in [-0.1, -0.05) is 13.3 Å². The van der Waals surface area contributed by atoms with E-state index in [0.29, 0.717) is 6.61 Å². The van der Waals surface area contributed by atoms with Crippen LogP contribution in [0.25, 0.3) is 0 Å². The van der Waals surface area contributed by atoms with Gasteiger partial charge in [0, 0.05) is 6.54 Å². The van der Waals surface area contributed by atoms with Crippen LogP contribution in [0.5, 0.6) is 0 Å². The van der Waals surface area contributed by atoms with E-state index in [9.17, 15) is 13.2 Å². The van der Waals surface area contributed by atoms with E-state index in [0.717, 1.165) is 12.8 Å². The fourth-order valence-electron chi connectivity index (χ4n) is 0.656. The molecule has 0 rings (SSSR count). The first-order valence-electron chi connectivity index (χ1n) is 4.37. The van der Waals surface area contributed by atoms with Crippen LogP contribution in [0.4, 0.5) is 4.79 Å². The Hall–Kier alpha value is -0.820. The minimum Gasteiger partial charge on any atom is -0.450 e. The van der Waals surface area contributed by atoms with Gasteiger partial charge in [-0.25, -0.2) is 18.4 Å². The summed E-state index contributed by atoms with van der Waals surface area (Å²) in [5.74, 6) is -0.282. The van der Waals surface area contributed by atoms with Crippen LogP contribution in [0.2, 0.25) is 0 Å². The number of hydrogen-bond acceptors (Lipinski definition) is 4. The third-order valence-electron chi connectivity index (χ3n) is 1.39. The Labute approximate surface area is 83.9 Å². The summed E-state index contributed by atoms with van der Waals surface area (Å²) < 4.78 is 25.6. The maximum atomic E-state index is 10.8. The average molecular weight is 224 g/mol. The maximum Gasteiger partial charge on any atom is 0.407 e. The Morgan fingerprint density at radius 2 is 2.14 bits per heavy atom. The highest BCUT2D eigenvalue weighted by Crippen LogP contribution is 1.88. The topological polar surface area (TPSA) is 98.5 Å². The molecule has 0 bridgehead atoms. The molecule has 0 radical (unpaired) electrons. The molecule has 84 valence electrons. The SMILES string of the molecule is CCCCOC(=O)NCCS(N)(=O)=O. The summed E-state index contributed by atoms with van der Waals surface area (Å²) in [6, 6.07) is 0. The van der Waals surface area contributed by atoms with Gasteiger partial charge in [0.15, 0.2) is 0 Å². The van der Waals surface area contributed by atoms with E-state index in [1.54, 1.807) is 0 Å². The Balaban J connectivity index is 3.45. The second-order valence-corrected chi connectivity index (χ2v) is 4.52. The lowest BCUT2D eigenvalue weighted by Crippen LogP contribution is -2.32. The molecule has 0 aromatic rings. The quantitative estimate of drug-likeness (QED) is 0.610. The van der Waals surface area contributed by atoms with Crippen LogP contribution < -0.4 is 10.5 Å². The van der Waals surface area contributed by atoms with Gasteiger partial charge in [-0.3, -0.25) is 0 Å². The summed E-state index contributed by atoms with van der Waals surface area (Å²) in [6.45, 7) is 2.30. The molecule has 0 saturated heterocycles. The van der Waals surface area contributed by atoms with Crippen LogP contribution in [0.1, 0.15) is 19.8 Å². The largest absolute Gasteiger partial charge is 0.450 e. The average Bonchev–Trinajstić information content (AvgIpc) is 2.02. The molecule has 3 N–H and O–H groups in total. The number of rotatable bonds is 6. The molecule has 1 amide bonds. The predicted octanol–water partition coefficient (Wildman–Crippen LogP) is -0.199. The molecular formula is C7H16N2O4S. The Morgan fingerprint density at radius 3 is 2.64 bits per heavy atom. The summed E-state index contributed by atoms with van der Waals surface area (Å²) in [6.07, 6.45) is 1.12. The van der Waals surface area contributed by atoms with Gasteiger partial charge in [-0.15, -0.1) is 0 Å². The van der Waals surface area contributed by atoms with Crippen molar-refractivity contribution in [1.82, 2.24) is 5.32 Å². The van der Waals surface area contributed by atoms with Crippen molar-refractivity contribution in [2.75, 3.05) is 18.9 Å². The Morgan fingerprint density at radius 1 is 1.50 bits per heavy atom. The van der Waals surface area contributed by atoms with Crippen LogP contribution in [0, 0.1) is 0 Å². The van der Waals surface area contributed by atoms with Gasteiger partial charge in [0.25, 0.3) is 0 Å². The molecule has 0 unspecified atom stereocenters. The Kier molecular flexibility index (Phi) is 6.22. The van der Waals surface area contributed by atoms with Crippen molar-refractivity contribution in [2.24, 2.45) is 5.14 Å². The van der Waals surface area contributed by atoms with Gasteiger partial charge in [0.2, 0.25) is 10.0 Å². The number of sulfonamides is 1. The first-order valence-corrected chi connectivity index (χ1v) is 6.08. The van der Waals surface area contributed by atoms with Crippen molar-refractivity contribution >= 4 is 16.1 Å². The number of hydrogen-bond donors (Lipinski definition) is 2. The van der Waals surface area contributed by atoms with Crippen LogP contribution in [-0.4, -0.2) is 33.4 Å². The summed E-state index contributed by atoms with van der Waals surface area (Å²) >= 11 is 0. The lowest BCUT2D eigenvalue weighted by molar-refractivity contribution is 0.145. The number of carbonyl (C=O) groups is 1. The number of nitrogens with two attached hydrogens (primary N) is 1. The number of nitrogens with one attached hydrogen (secondary N) is 1.